The Kier molecular flexibility index (Phi) is 3.71. The molecule has 3 N–H and O–H groups in total. The standard InChI is InChI=1S/C16H20N2O2S/c1-10-11(2)18-14-4-3-12(7-13(10)14)15(19)17-8-16(20)5-6-21-9-16/h3-4,7,18,20H,5-6,8-9H2,1-2H3,(H,17,19). The lowest BCUT2D eigenvalue weighted by atomic mass is 10.0. The van der Waals surface area contributed by atoms with E-state index in [0.717, 1.165) is 28.8 Å². The van der Waals surface area contributed by atoms with Crippen LogP contribution in [0.15, 0.2) is 18.2 Å². The zero-order chi connectivity index (χ0) is 15.0. The minimum absolute atomic E-state index is 0.125. The quantitative estimate of drug-likeness (QED) is 0.816. The number of carbonyl (C=O) groups is 1. The number of amides is 1. The lowest BCUT2D eigenvalue weighted by molar-refractivity contribution is 0.0612. The van der Waals surface area contributed by atoms with Crippen molar-refractivity contribution >= 4 is 28.6 Å². The molecule has 0 aliphatic carbocycles. The molecule has 0 radical (unpaired) electrons. The van der Waals surface area contributed by atoms with Crippen LogP contribution in [0.2, 0.25) is 0 Å². The van der Waals surface area contributed by atoms with Crippen LogP contribution in [0, 0.1) is 13.8 Å². The molecule has 21 heavy (non-hydrogen) atoms. The highest BCUT2D eigenvalue weighted by molar-refractivity contribution is 7.99. The summed E-state index contributed by atoms with van der Waals surface area (Å²) in [5.41, 5.74) is 3.24. The first kappa shape index (κ1) is 14.5. The minimum Gasteiger partial charge on any atom is -0.387 e. The molecule has 0 spiro atoms. The number of aromatic nitrogens is 1. The zero-order valence-corrected chi connectivity index (χ0v) is 13.1. The van der Waals surface area contributed by atoms with Gasteiger partial charge in [-0.05, 0) is 49.8 Å². The maximum Gasteiger partial charge on any atom is 0.251 e. The summed E-state index contributed by atoms with van der Waals surface area (Å²) >= 11 is 1.73. The number of hydrogen-bond donors (Lipinski definition) is 3. The molecule has 1 atom stereocenters. The lowest BCUT2D eigenvalue weighted by Crippen LogP contribution is -2.42. The van der Waals surface area contributed by atoms with E-state index in [2.05, 4.69) is 10.3 Å². The molecule has 1 saturated heterocycles. The van der Waals surface area contributed by atoms with E-state index >= 15 is 0 Å². The predicted molar refractivity (Wildman–Crippen MR) is 87.0 cm³/mol. The summed E-state index contributed by atoms with van der Waals surface area (Å²) in [6.07, 6.45) is 0.743. The molecule has 1 unspecified atom stereocenters. The largest absolute Gasteiger partial charge is 0.387 e. The fourth-order valence-corrected chi connectivity index (χ4v) is 3.98. The molecule has 1 aliphatic rings. The average Bonchev–Trinajstić information content (AvgIpc) is 3.02. The smallest absolute Gasteiger partial charge is 0.251 e. The van der Waals surface area contributed by atoms with Crippen molar-refractivity contribution in [3.8, 4) is 0 Å². The van der Waals surface area contributed by atoms with Gasteiger partial charge in [0.25, 0.3) is 5.91 Å². The summed E-state index contributed by atoms with van der Waals surface area (Å²) in [6, 6.07) is 5.67. The van der Waals surface area contributed by atoms with Gasteiger partial charge in [0.15, 0.2) is 0 Å². The summed E-state index contributed by atoms with van der Waals surface area (Å²) in [6.45, 7) is 4.40. The maximum atomic E-state index is 12.3. The molecule has 5 heteroatoms. The van der Waals surface area contributed by atoms with E-state index in [-0.39, 0.29) is 5.91 Å². The van der Waals surface area contributed by atoms with Crippen LogP contribution >= 0.6 is 11.8 Å². The van der Waals surface area contributed by atoms with Crippen LogP contribution in [0.4, 0.5) is 0 Å². The Bertz CT molecular complexity index is 687. The second-order valence-corrected chi connectivity index (χ2v) is 6.95. The Morgan fingerprint density at radius 3 is 3.00 bits per heavy atom. The molecular weight excluding hydrogens is 284 g/mol. The summed E-state index contributed by atoms with van der Waals surface area (Å²) in [7, 11) is 0. The van der Waals surface area contributed by atoms with E-state index in [4.69, 9.17) is 0 Å². The van der Waals surface area contributed by atoms with Crippen molar-refractivity contribution in [1.82, 2.24) is 10.3 Å². The van der Waals surface area contributed by atoms with Gasteiger partial charge in [-0.25, -0.2) is 0 Å². The van der Waals surface area contributed by atoms with Crippen molar-refractivity contribution in [3.05, 3.63) is 35.0 Å². The first-order chi connectivity index (χ1) is 9.98. The molecule has 2 aromatic rings. The van der Waals surface area contributed by atoms with Gasteiger partial charge in [-0.3, -0.25) is 4.79 Å². The number of benzene rings is 1. The SMILES string of the molecule is Cc1[nH]c2ccc(C(=O)NCC3(O)CCSC3)cc2c1C. The Morgan fingerprint density at radius 2 is 2.29 bits per heavy atom. The van der Waals surface area contributed by atoms with Crippen LogP contribution in [0.3, 0.4) is 0 Å². The van der Waals surface area contributed by atoms with E-state index in [1.807, 2.05) is 32.0 Å². The Hall–Kier alpha value is -1.46. The second-order valence-electron chi connectivity index (χ2n) is 5.84. The molecule has 0 bridgehead atoms. The minimum atomic E-state index is -0.745. The van der Waals surface area contributed by atoms with E-state index < -0.39 is 5.60 Å². The summed E-state index contributed by atoms with van der Waals surface area (Å²) in [4.78, 5) is 15.6. The number of hydrogen-bond acceptors (Lipinski definition) is 3. The molecule has 2 heterocycles. The molecule has 1 fully saturated rings. The van der Waals surface area contributed by atoms with Crippen molar-refractivity contribution in [2.24, 2.45) is 0 Å². The van der Waals surface area contributed by atoms with E-state index in [9.17, 15) is 9.90 Å². The third-order valence-electron chi connectivity index (χ3n) is 4.23. The highest BCUT2D eigenvalue weighted by Crippen LogP contribution is 2.27. The second kappa shape index (κ2) is 5.39. The van der Waals surface area contributed by atoms with Crippen LogP contribution in [0.1, 0.15) is 28.0 Å². The Labute approximate surface area is 128 Å². The number of nitrogens with one attached hydrogen (secondary N) is 2. The Balaban J connectivity index is 1.76. The predicted octanol–water partition coefficient (Wildman–Crippen LogP) is 2.38. The van der Waals surface area contributed by atoms with Gasteiger partial charge in [-0.2, -0.15) is 11.8 Å². The molecule has 1 aromatic heterocycles. The van der Waals surface area contributed by atoms with Crippen LogP contribution in [-0.4, -0.2) is 39.6 Å². The van der Waals surface area contributed by atoms with Crippen molar-refractivity contribution in [1.29, 1.82) is 0 Å². The van der Waals surface area contributed by atoms with Gasteiger partial charge in [0, 0.05) is 34.5 Å². The fourth-order valence-electron chi connectivity index (χ4n) is 2.69. The van der Waals surface area contributed by atoms with Gasteiger partial charge in [0.1, 0.15) is 0 Å². The van der Waals surface area contributed by atoms with Crippen molar-refractivity contribution in [2.45, 2.75) is 25.9 Å². The van der Waals surface area contributed by atoms with Crippen LogP contribution < -0.4 is 5.32 Å². The number of aryl methyl sites for hydroxylation is 2. The Morgan fingerprint density at radius 1 is 1.48 bits per heavy atom. The number of rotatable bonds is 3. The average molecular weight is 304 g/mol. The topological polar surface area (TPSA) is 65.1 Å². The monoisotopic (exact) mass is 304 g/mol. The highest BCUT2D eigenvalue weighted by atomic mass is 32.2. The number of H-pyrrole nitrogens is 1. The first-order valence-corrected chi connectivity index (χ1v) is 8.31. The zero-order valence-electron chi connectivity index (χ0n) is 12.3. The van der Waals surface area contributed by atoms with Crippen molar-refractivity contribution in [3.63, 3.8) is 0 Å². The lowest BCUT2D eigenvalue weighted by Gasteiger charge is -2.21. The van der Waals surface area contributed by atoms with Gasteiger partial charge in [-0.15, -0.1) is 0 Å². The molecule has 0 saturated carbocycles. The van der Waals surface area contributed by atoms with Crippen molar-refractivity contribution in [2.75, 3.05) is 18.1 Å². The van der Waals surface area contributed by atoms with Gasteiger partial charge in [-0.1, -0.05) is 0 Å². The molecule has 112 valence electrons. The summed E-state index contributed by atoms with van der Waals surface area (Å²) < 4.78 is 0. The molecule has 1 aliphatic heterocycles. The number of thioether (sulfide) groups is 1. The summed E-state index contributed by atoms with van der Waals surface area (Å²) in [5.74, 6) is 1.53. The maximum absolute atomic E-state index is 12.3. The summed E-state index contributed by atoms with van der Waals surface area (Å²) in [5, 5.41) is 14.2. The molecule has 4 nitrogen and oxygen atoms in total. The normalized spacial score (nSPS) is 21.9. The van der Waals surface area contributed by atoms with E-state index in [1.54, 1.807) is 11.8 Å². The molecule has 1 amide bonds. The van der Waals surface area contributed by atoms with Crippen molar-refractivity contribution < 1.29 is 9.90 Å². The number of fused-ring (bicyclic) bond motifs is 1. The van der Waals surface area contributed by atoms with E-state index in [0.29, 0.717) is 17.9 Å². The van der Waals surface area contributed by atoms with Crippen LogP contribution in [-0.2, 0) is 0 Å². The van der Waals surface area contributed by atoms with E-state index in [1.165, 1.54) is 5.56 Å². The number of aliphatic hydroxyl groups is 1. The van der Waals surface area contributed by atoms with Gasteiger partial charge in [0.05, 0.1) is 5.60 Å². The van der Waals surface area contributed by atoms with Crippen LogP contribution in [0.25, 0.3) is 10.9 Å². The third-order valence-corrected chi connectivity index (χ3v) is 5.47. The highest BCUT2D eigenvalue weighted by Gasteiger charge is 2.32. The molecule has 1 aromatic carbocycles. The fraction of sp³-hybridized carbons (Fsp3) is 0.438. The van der Waals surface area contributed by atoms with Gasteiger partial charge >= 0.3 is 0 Å². The number of carbonyl (C=O) groups excluding carboxylic acids is 1. The molecular formula is C16H20N2O2S. The van der Waals surface area contributed by atoms with Gasteiger partial charge < -0.3 is 15.4 Å². The van der Waals surface area contributed by atoms with Crippen LogP contribution in [0.5, 0.6) is 0 Å². The molecule has 3 rings (SSSR count). The third kappa shape index (κ3) is 2.80. The van der Waals surface area contributed by atoms with Gasteiger partial charge in [0.2, 0.25) is 0 Å². The number of aromatic amines is 1. The first-order valence-electron chi connectivity index (χ1n) is 7.16.